The molecule has 0 fully saturated rings. The van der Waals surface area contributed by atoms with Crippen LogP contribution in [0.5, 0.6) is 5.75 Å². The fraction of sp³-hybridized carbons (Fsp3) is 0.500. The highest BCUT2D eigenvalue weighted by atomic mass is 19.4. The first-order valence-electron chi connectivity index (χ1n) is 6.71. The highest BCUT2D eigenvalue weighted by Crippen LogP contribution is 2.30. The van der Waals surface area contributed by atoms with Crippen LogP contribution in [0.2, 0.25) is 0 Å². The van der Waals surface area contributed by atoms with Crippen LogP contribution in [0.15, 0.2) is 24.3 Å². The minimum absolute atomic E-state index is 0.0273. The van der Waals surface area contributed by atoms with Gasteiger partial charge in [0.05, 0.1) is 5.56 Å². The van der Waals surface area contributed by atoms with Gasteiger partial charge < -0.3 is 20.5 Å². The number of benzene rings is 1. The molecule has 1 aromatic rings. The van der Waals surface area contributed by atoms with Gasteiger partial charge in [0.2, 0.25) is 0 Å². The number of amides is 2. The Hall–Kier alpha value is -1.96. The van der Waals surface area contributed by atoms with E-state index in [0.717, 1.165) is 12.1 Å². The molecule has 1 atom stereocenters. The van der Waals surface area contributed by atoms with Crippen molar-refractivity contribution in [2.75, 3.05) is 13.2 Å². The van der Waals surface area contributed by atoms with Gasteiger partial charge in [-0.05, 0) is 38.1 Å². The molecule has 5 nitrogen and oxygen atoms in total. The number of hydrogen-bond donors (Lipinski definition) is 3. The SMILES string of the molecule is CC(C)NC(=O)NCC(O)COc1ccc(C(F)(F)F)cc1. The summed E-state index contributed by atoms with van der Waals surface area (Å²) in [5, 5.41) is 14.7. The molecule has 0 spiro atoms. The van der Waals surface area contributed by atoms with Crippen LogP contribution >= 0.6 is 0 Å². The lowest BCUT2D eigenvalue weighted by Gasteiger charge is -2.15. The summed E-state index contributed by atoms with van der Waals surface area (Å²) in [6.45, 7) is 3.42. The third-order valence-electron chi connectivity index (χ3n) is 2.54. The molecule has 0 bridgehead atoms. The molecule has 0 aliphatic heterocycles. The van der Waals surface area contributed by atoms with Crippen LogP contribution in [0.3, 0.4) is 0 Å². The maximum atomic E-state index is 12.4. The number of carbonyl (C=O) groups excluding carboxylic acids is 1. The van der Waals surface area contributed by atoms with Crippen LogP contribution in [0.25, 0.3) is 0 Å². The summed E-state index contributed by atoms with van der Waals surface area (Å²) in [6.07, 6.45) is -5.37. The Morgan fingerprint density at radius 2 is 1.86 bits per heavy atom. The zero-order valence-corrected chi connectivity index (χ0v) is 12.3. The molecular formula is C14H19F3N2O3. The van der Waals surface area contributed by atoms with Gasteiger partial charge in [0.25, 0.3) is 0 Å². The van der Waals surface area contributed by atoms with E-state index in [1.807, 2.05) is 0 Å². The van der Waals surface area contributed by atoms with Crippen molar-refractivity contribution in [1.29, 1.82) is 0 Å². The highest BCUT2D eigenvalue weighted by molar-refractivity contribution is 5.74. The number of halogens is 3. The zero-order valence-electron chi connectivity index (χ0n) is 12.3. The van der Waals surface area contributed by atoms with Gasteiger partial charge in [0.1, 0.15) is 18.5 Å². The van der Waals surface area contributed by atoms with Gasteiger partial charge in [-0.2, -0.15) is 13.2 Å². The van der Waals surface area contributed by atoms with E-state index in [0.29, 0.717) is 0 Å². The van der Waals surface area contributed by atoms with Gasteiger partial charge in [0.15, 0.2) is 0 Å². The Balaban J connectivity index is 2.35. The molecule has 0 aliphatic rings. The Labute approximate surface area is 126 Å². The lowest BCUT2D eigenvalue weighted by Crippen LogP contribution is -2.43. The van der Waals surface area contributed by atoms with Crippen LogP contribution in [0.1, 0.15) is 19.4 Å². The van der Waals surface area contributed by atoms with Gasteiger partial charge >= 0.3 is 12.2 Å². The van der Waals surface area contributed by atoms with Gasteiger partial charge in [-0.3, -0.25) is 0 Å². The number of aliphatic hydroxyl groups is 1. The van der Waals surface area contributed by atoms with Gasteiger partial charge in [-0.25, -0.2) is 4.79 Å². The Kier molecular flexibility index (Phi) is 6.48. The molecule has 22 heavy (non-hydrogen) atoms. The predicted molar refractivity (Wildman–Crippen MR) is 74.6 cm³/mol. The van der Waals surface area contributed by atoms with Crippen LogP contribution in [-0.4, -0.2) is 36.4 Å². The normalized spacial score (nSPS) is 12.9. The lowest BCUT2D eigenvalue weighted by atomic mass is 10.2. The number of ether oxygens (including phenoxy) is 1. The maximum Gasteiger partial charge on any atom is 0.416 e. The van der Waals surface area contributed by atoms with Crippen molar-refractivity contribution in [2.45, 2.75) is 32.2 Å². The van der Waals surface area contributed by atoms with Crippen molar-refractivity contribution < 1.29 is 27.8 Å². The molecule has 3 N–H and O–H groups in total. The molecule has 8 heteroatoms. The molecule has 0 aliphatic carbocycles. The number of alkyl halides is 3. The number of nitrogens with one attached hydrogen (secondary N) is 2. The van der Waals surface area contributed by atoms with E-state index < -0.39 is 23.9 Å². The van der Waals surface area contributed by atoms with Gasteiger partial charge in [0, 0.05) is 12.6 Å². The van der Waals surface area contributed by atoms with Gasteiger partial charge in [-0.15, -0.1) is 0 Å². The lowest BCUT2D eigenvalue weighted by molar-refractivity contribution is -0.137. The van der Waals surface area contributed by atoms with E-state index in [1.165, 1.54) is 12.1 Å². The van der Waals surface area contributed by atoms with Crippen molar-refractivity contribution in [3.8, 4) is 5.75 Å². The van der Waals surface area contributed by atoms with Crippen LogP contribution in [0.4, 0.5) is 18.0 Å². The maximum absolute atomic E-state index is 12.4. The second-order valence-corrected chi connectivity index (χ2v) is 5.00. The minimum atomic E-state index is -4.40. The molecular weight excluding hydrogens is 301 g/mol. The first kappa shape index (κ1) is 18.1. The fourth-order valence-corrected chi connectivity index (χ4v) is 1.52. The first-order chi connectivity index (χ1) is 10.2. The Morgan fingerprint density at radius 3 is 2.36 bits per heavy atom. The largest absolute Gasteiger partial charge is 0.491 e. The Morgan fingerprint density at radius 1 is 1.27 bits per heavy atom. The van der Waals surface area contributed by atoms with Crippen LogP contribution < -0.4 is 15.4 Å². The quantitative estimate of drug-likeness (QED) is 0.752. The van der Waals surface area contributed by atoms with Crippen molar-refractivity contribution in [2.24, 2.45) is 0 Å². The van der Waals surface area contributed by atoms with E-state index in [-0.39, 0.29) is 24.9 Å². The average Bonchev–Trinajstić information content (AvgIpc) is 2.41. The summed E-state index contributed by atoms with van der Waals surface area (Å²) < 4.78 is 42.3. The topological polar surface area (TPSA) is 70.6 Å². The molecule has 124 valence electrons. The molecule has 0 saturated heterocycles. The van der Waals surface area contributed by atoms with Crippen LogP contribution in [0, 0.1) is 0 Å². The standard InChI is InChI=1S/C14H19F3N2O3/c1-9(2)19-13(21)18-7-11(20)8-22-12-5-3-10(4-6-12)14(15,16)17/h3-6,9,11,20H,7-8H2,1-2H3,(H2,18,19,21). The highest BCUT2D eigenvalue weighted by Gasteiger charge is 2.30. The summed E-state index contributed by atoms with van der Waals surface area (Å²) >= 11 is 0. The molecule has 0 radical (unpaired) electrons. The number of urea groups is 1. The third kappa shape index (κ3) is 6.66. The third-order valence-corrected chi connectivity index (χ3v) is 2.54. The molecule has 2 amide bonds. The summed E-state index contributed by atoms with van der Waals surface area (Å²) in [5.41, 5.74) is -0.771. The number of rotatable bonds is 6. The van der Waals surface area contributed by atoms with Gasteiger partial charge in [-0.1, -0.05) is 0 Å². The first-order valence-corrected chi connectivity index (χ1v) is 6.71. The second-order valence-electron chi connectivity index (χ2n) is 5.00. The van der Waals surface area contributed by atoms with Crippen molar-refractivity contribution in [3.05, 3.63) is 29.8 Å². The number of carbonyl (C=O) groups is 1. The molecule has 1 rings (SSSR count). The van der Waals surface area contributed by atoms with Crippen molar-refractivity contribution in [3.63, 3.8) is 0 Å². The fourth-order valence-electron chi connectivity index (χ4n) is 1.52. The number of aliphatic hydroxyl groups excluding tert-OH is 1. The Bertz CT molecular complexity index is 475. The molecule has 1 unspecified atom stereocenters. The van der Waals surface area contributed by atoms with E-state index in [4.69, 9.17) is 4.74 Å². The molecule has 0 saturated carbocycles. The minimum Gasteiger partial charge on any atom is -0.491 e. The predicted octanol–water partition coefficient (Wildman–Crippen LogP) is 2.15. The zero-order chi connectivity index (χ0) is 16.8. The molecule has 0 aromatic heterocycles. The molecule has 1 aromatic carbocycles. The van der Waals surface area contributed by atoms with E-state index >= 15 is 0 Å². The summed E-state index contributed by atoms with van der Waals surface area (Å²) in [7, 11) is 0. The van der Waals surface area contributed by atoms with Crippen LogP contribution in [-0.2, 0) is 6.18 Å². The smallest absolute Gasteiger partial charge is 0.416 e. The van der Waals surface area contributed by atoms with Crippen molar-refractivity contribution in [1.82, 2.24) is 10.6 Å². The summed E-state index contributed by atoms with van der Waals surface area (Å²) in [5.74, 6) is 0.207. The number of hydrogen-bond acceptors (Lipinski definition) is 3. The van der Waals surface area contributed by atoms with E-state index in [2.05, 4.69) is 10.6 Å². The molecule has 0 heterocycles. The van der Waals surface area contributed by atoms with E-state index in [9.17, 15) is 23.1 Å². The van der Waals surface area contributed by atoms with E-state index in [1.54, 1.807) is 13.8 Å². The second kappa shape index (κ2) is 7.88. The van der Waals surface area contributed by atoms with Crippen molar-refractivity contribution >= 4 is 6.03 Å². The summed E-state index contributed by atoms with van der Waals surface area (Å²) in [4.78, 5) is 11.3. The average molecular weight is 320 g/mol. The summed E-state index contributed by atoms with van der Waals surface area (Å²) in [6, 6.07) is 3.71. The monoisotopic (exact) mass is 320 g/mol.